The topological polar surface area (TPSA) is 103 Å². The van der Waals surface area contributed by atoms with Crippen LogP contribution in [-0.4, -0.2) is 16.2 Å². The monoisotopic (exact) mass is 477 g/mol. The lowest BCUT2D eigenvalue weighted by Gasteiger charge is -2.08. The van der Waals surface area contributed by atoms with Gasteiger partial charge in [0.15, 0.2) is 5.82 Å². The fourth-order valence-electron chi connectivity index (χ4n) is 3.16. The van der Waals surface area contributed by atoms with Crippen molar-refractivity contribution in [2.24, 2.45) is 0 Å². The number of hydrogen-bond acceptors (Lipinski definition) is 4. The third-order valence-electron chi connectivity index (χ3n) is 4.90. The maximum absolute atomic E-state index is 12.7. The first-order valence-electron chi connectivity index (χ1n) is 10.3. The predicted molar refractivity (Wildman–Crippen MR) is 124 cm³/mol. The number of halogens is 3. The second-order valence-electron chi connectivity index (χ2n) is 7.43. The number of amides is 2. The van der Waals surface area contributed by atoms with E-state index in [2.05, 4.69) is 26.9 Å². The molecule has 0 unspecified atom stereocenters. The molecule has 7 nitrogen and oxygen atoms in total. The molecule has 1 heterocycles. The van der Waals surface area contributed by atoms with E-state index in [0.29, 0.717) is 34.9 Å². The van der Waals surface area contributed by atoms with Crippen LogP contribution in [0.4, 0.5) is 29.5 Å². The Kier molecular flexibility index (Phi) is 6.69. The summed E-state index contributed by atoms with van der Waals surface area (Å²) in [5, 5.41) is 20.6. The molecule has 1 aromatic heterocycles. The van der Waals surface area contributed by atoms with E-state index in [9.17, 15) is 18.0 Å². The van der Waals surface area contributed by atoms with E-state index in [4.69, 9.17) is 10.00 Å². The zero-order chi connectivity index (χ0) is 24.8. The lowest BCUT2D eigenvalue weighted by Crippen LogP contribution is -2.19. The smallest absolute Gasteiger partial charge is 0.416 e. The average molecular weight is 477 g/mol. The zero-order valence-corrected chi connectivity index (χ0v) is 18.1. The van der Waals surface area contributed by atoms with Crippen molar-refractivity contribution >= 4 is 17.5 Å². The normalized spacial score (nSPS) is 10.9. The first-order chi connectivity index (χ1) is 16.8. The van der Waals surface area contributed by atoms with Crippen LogP contribution in [-0.2, 0) is 12.6 Å². The van der Waals surface area contributed by atoms with Gasteiger partial charge in [-0.2, -0.15) is 23.5 Å². The standard InChI is InChI=1S/C25H18F3N5O2/c26-25(27,28)18-5-3-17(4-6-18)22-15-23(33-32-22)31-24(34)30-19-7-11-21(12-8-19)35-20-9-1-16(2-10-20)13-14-29/h1-12,15H,13H2,(H3,30,31,32,33,34). The Morgan fingerprint density at radius 3 is 2.17 bits per heavy atom. The number of alkyl halides is 3. The Morgan fingerprint density at radius 1 is 0.943 bits per heavy atom. The van der Waals surface area contributed by atoms with E-state index < -0.39 is 17.8 Å². The van der Waals surface area contributed by atoms with E-state index >= 15 is 0 Å². The summed E-state index contributed by atoms with van der Waals surface area (Å²) in [5.74, 6) is 1.39. The highest BCUT2D eigenvalue weighted by Gasteiger charge is 2.30. The van der Waals surface area contributed by atoms with Gasteiger partial charge in [-0.3, -0.25) is 10.4 Å². The average Bonchev–Trinajstić information content (AvgIpc) is 3.29. The minimum atomic E-state index is -4.41. The summed E-state index contributed by atoms with van der Waals surface area (Å²) >= 11 is 0. The summed E-state index contributed by atoms with van der Waals surface area (Å²) in [5.41, 5.74) is 1.61. The molecule has 35 heavy (non-hydrogen) atoms. The number of nitrogens with one attached hydrogen (secondary N) is 3. The van der Waals surface area contributed by atoms with E-state index in [1.807, 2.05) is 12.1 Å². The quantitative estimate of drug-likeness (QED) is 0.291. The van der Waals surface area contributed by atoms with E-state index in [1.165, 1.54) is 18.2 Å². The highest BCUT2D eigenvalue weighted by Crippen LogP contribution is 2.31. The molecule has 2 amide bonds. The van der Waals surface area contributed by atoms with E-state index in [0.717, 1.165) is 17.7 Å². The Balaban J connectivity index is 1.32. The van der Waals surface area contributed by atoms with Gasteiger partial charge < -0.3 is 10.1 Å². The Bertz CT molecular complexity index is 1340. The molecule has 176 valence electrons. The Labute approximate surface area is 198 Å². The van der Waals surface area contributed by atoms with Crippen molar-refractivity contribution in [3.8, 4) is 28.8 Å². The van der Waals surface area contributed by atoms with Crippen molar-refractivity contribution in [2.75, 3.05) is 10.6 Å². The molecule has 0 aliphatic heterocycles. The van der Waals surface area contributed by atoms with Crippen LogP contribution in [0.5, 0.6) is 11.5 Å². The van der Waals surface area contributed by atoms with E-state index in [-0.39, 0.29) is 5.82 Å². The first kappa shape index (κ1) is 23.4. The Morgan fingerprint density at radius 2 is 1.57 bits per heavy atom. The number of urea groups is 1. The largest absolute Gasteiger partial charge is 0.457 e. The third-order valence-corrected chi connectivity index (χ3v) is 4.90. The number of rotatable bonds is 6. The Hall–Kier alpha value is -4.78. The van der Waals surface area contributed by atoms with Gasteiger partial charge >= 0.3 is 12.2 Å². The summed E-state index contributed by atoms with van der Waals surface area (Å²) < 4.78 is 43.9. The van der Waals surface area contributed by atoms with Gasteiger partial charge in [-0.15, -0.1) is 0 Å². The van der Waals surface area contributed by atoms with Crippen LogP contribution < -0.4 is 15.4 Å². The molecule has 0 saturated carbocycles. The molecular weight excluding hydrogens is 459 g/mol. The van der Waals surface area contributed by atoms with Gasteiger partial charge in [0.1, 0.15) is 11.5 Å². The van der Waals surface area contributed by atoms with Gasteiger partial charge in [-0.25, -0.2) is 4.79 Å². The highest BCUT2D eigenvalue weighted by molar-refractivity contribution is 5.99. The SMILES string of the molecule is N#CCc1ccc(Oc2ccc(NC(=O)Nc3cc(-c4ccc(C(F)(F)F)cc4)[nH]n3)cc2)cc1. The van der Waals surface area contributed by atoms with Crippen LogP contribution in [0.15, 0.2) is 78.9 Å². The summed E-state index contributed by atoms with van der Waals surface area (Å²) in [6.45, 7) is 0. The number of nitriles is 1. The van der Waals surface area contributed by atoms with Crippen molar-refractivity contribution in [1.29, 1.82) is 5.26 Å². The summed E-state index contributed by atoms with van der Waals surface area (Å²) in [6.07, 6.45) is -4.08. The molecule has 3 aromatic carbocycles. The number of nitrogens with zero attached hydrogens (tertiary/aromatic N) is 2. The van der Waals surface area contributed by atoms with E-state index in [1.54, 1.807) is 36.4 Å². The van der Waals surface area contributed by atoms with Crippen molar-refractivity contribution < 1.29 is 22.7 Å². The fraction of sp³-hybridized carbons (Fsp3) is 0.0800. The van der Waals surface area contributed by atoms with Crippen molar-refractivity contribution in [3.63, 3.8) is 0 Å². The number of aromatic nitrogens is 2. The lowest BCUT2D eigenvalue weighted by atomic mass is 10.1. The molecule has 0 aliphatic rings. The van der Waals surface area contributed by atoms with Gasteiger partial charge in [0, 0.05) is 11.8 Å². The predicted octanol–water partition coefficient (Wildman–Crippen LogP) is 6.60. The summed E-state index contributed by atoms with van der Waals surface area (Å²) in [6, 6.07) is 21.5. The number of H-pyrrole nitrogens is 1. The minimum absolute atomic E-state index is 0.206. The maximum Gasteiger partial charge on any atom is 0.416 e. The highest BCUT2D eigenvalue weighted by atomic mass is 19.4. The number of carbonyl (C=O) groups is 1. The molecule has 0 bridgehead atoms. The van der Waals surface area contributed by atoms with Crippen molar-refractivity contribution in [2.45, 2.75) is 12.6 Å². The number of carbonyl (C=O) groups excluding carboxylic acids is 1. The van der Waals surface area contributed by atoms with Gasteiger partial charge in [0.05, 0.1) is 23.7 Å². The third kappa shape index (κ3) is 6.17. The molecule has 10 heteroatoms. The maximum atomic E-state index is 12.7. The fourth-order valence-corrected chi connectivity index (χ4v) is 3.16. The summed E-state index contributed by atoms with van der Waals surface area (Å²) in [4.78, 5) is 12.3. The molecule has 0 spiro atoms. The van der Waals surface area contributed by atoms with Gasteiger partial charge in [-0.1, -0.05) is 24.3 Å². The molecule has 0 radical (unpaired) electrons. The van der Waals surface area contributed by atoms with Crippen LogP contribution in [0.2, 0.25) is 0 Å². The second-order valence-corrected chi connectivity index (χ2v) is 7.43. The number of benzene rings is 3. The molecule has 4 rings (SSSR count). The van der Waals surface area contributed by atoms with Crippen molar-refractivity contribution in [3.05, 3.63) is 90.0 Å². The zero-order valence-electron chi connectivity index (χ0n) is 18.1. The lowest BCUT2D eigenvalue weighted by molar-refractivity contribution is -0.137. The van der Waals surface area contributed by atoms with Crippen LogP contribution in [0.3, 0.4) is 0 Å². The van der Waals surface area contributed by atoms with Gasteiger partial charge in [0.2, 0.25) is 0 Å². The van der Waals surface area contributed by atoms with Crippen molar-refractivity contribution in [1.82, 2.24) is 10.2 Å². The first-order valence-corrected chi connectivity index (χ1v) is 10.3. The minimum Gasteiger partial charge on any atom is -0.457 e. The number of anilines is 2. The number of ether oxygens (including phenoxy) is 1. The molecule has 0 aliphatic carbocycles. The second kappa shape index (κ2) is 10.0. The van der Waals surface area contributed by atoms with Crippen LogP contribution >= 0.6 is 0 Å². The molecule has 0 fully saturated rings. The van der Waals surface area contributed by atoms with Gasteiger partial charge in [-0.05, 0) is 59.7 Å². The molecule has 0 saturated heterocycles. The van der Waals surface area contributed by atoms with Crippen LogP contribution in [0, 0.1) is 11.3 Å². The number of hydrogen-bond donors (Lipinski definition) is 3. The van der Waals surface area contributed by atoms with Crippen LogP contribution in [0.1, 0.15) is 11.1 Å². The molecule has 4 aromatic rings. The number of aromatic amines is 1. The molecular formula is C25H18F3N5O2. The summed E-state index contributed by atoms with van der Waals surface area (Å²) in [7, 11) is 0. The molecule has 3 N–H and O–H groups in total. The van der Waals surface area contributed by atoms with Gasteiger partial charge in [0.25, 0.3) is 0 Å². The molecule has 0 atom stereocenters. The van der Waals surface area contributed by atoms with Crippen LogP contribution in [0.25, 0.3) is 11.3 Å².